The first kappa shape index (κ1) is 14.9. The fraction of sp³-hybridized carbons (Fsp3) is 0.154. The normalized spacial score (nSPS) is 10.2. The zero-order chi connectivity index (χ0) is 15.4. The molecule has 21 heavy (non-hydrogen) atoms. The minimum atomic E-state index is -0.700. The number of carbonyl (C=O) groups is 1. The highest BCUT2D eigenvalue weighted by Crippen LogP contribution is 2.14. The van der Waals surface area contributed by atoms with Gasteiger partial charge in [-0.1, -0.05) is 11.6 Å². The Hall–Kier alpha value is -2.54. The van der Waals surface area contributed by atoms with Crippen molar-refractivity contribution < 1.29 is 9.53 Å². The number of anilines is 1. The Bertz CT molecular complexity index is 764. The molecule has 0 aliphatic rings. The summed E-state index contributed by atoms with van der Waals surface area (Å²) in [7, 11) is 1.54. The van der Waals surface area contributed by atoms with Crippen molar-refractivity contribution >= 4 is 23.2 Å². The molecule has 0 radical (unpaired) electrons. The molecule has 1 aromatic carbocycles. The van der Waals surface area contributed by atoms with Crippen LogP contribution in [-0.4, -0.2) is 22.6 Å². The van der Waals surface area contributed by atoms with Gasteiger partial charge in [0.15, 0.2) is 0 Å². The van der Waals surface area contributed by atoms with Crippen molar-refractivity contribution in [1.29, 1.82) is 0 Å². The number of aromatic nitrogens is 2. The van der Waals surface area contributed by atoms with Crippen LogP contribution in [0.3, 0.4) is 0 Å². The number of amides is 1. The second kappa shape index (κ2) is 6.27. The van der Waals surface area contributed by atoms with Crippen LogP contribution >= 0.6 is 11.6 Å². The summed E-state index contributed by atoms with van der Waals surface area (Å²) >= 11 is 5.61. The number of carbonyl (C=O) groups excluding carboxylic acids is 1. The van der Waals surface area contributed by atoms with Gasteiger partial charge in [-0.2, -0.15) is 0 Å². The maximum absolute atomic E-state index is 11.8. The lowest BCUT2D eigenvalue weighted by Crippen LogP contribution is -2.33. The Labute approximate surface area is 124 Å². The molecule has 0 spiro atoms. The molecular weight excluding hydrogens is 298 g/mol. The molecular formula is C13H12ClN3O4. The van der Waals surface area contributed by atoms with Gasteiger partial charge in [0.1, 0.15) is 17.3 Å². The minimum absolute atomic E-state index is 0.160. The third-order valence-corrected chi connectivity index (χ3v) is 2.92. The molecule has 1 aromatic heterocycles. The van der Waals surface area contributed by atoms with Gasteiger partial charge in [-0.3, -0.25) is 19.1 Å². The number of methoxy groups -OCH3 is 1. The number of halogens is 1. The molecule has 2 N–H and O–H groups in total. The quantitative estimate of drug-likeness (QED) is 0.875. The molecule has 0 saturated carbocycles. The SMILES string of the molecule is COc1ccc(NC(=O)Cn2cc(Cl)c(=O)[nH]c2=O)cc1. The van der Waals surface area contributed by atoms with Gasteiger partial charge in [0.2, 0.25) is 5.91 Å². The summed E-state index contributed by atoms with van der Waals surface area (Å²) in [5.74, 6) is 0.238. The van der Waals surface area contributed by atoms with E-state index in [2.05, 4.69) is 5.32 Å². The summed E-state index contributed by atoms with van der Waals surface area (Å²) in [5.41, 5.74) is -0.827. The predicted molar refractivity (Wildman–Crippen MR) is 78.0 cm³/mol. The van der Waals surface area contributed by atoms with Gasteiger partial charge in [0, 0.05) is 11.9 Å². The highest BCUT2D eigenvalue weighted by molar-refractivity contribution is 6.30. The van der Waals surface area contributed by atoms with Crippen LogP contribution in [-0.2, 0) is 11.3 Å². The van der Waals surface area contributed by atoms with E-state index in [4.69, 9.17) is 16.3 Å². The fourth-order valence-corrected chi connectivity index (χ4v) is 1.79. The van der Waals surface area contributed by atoms with Crippen molar-refractivity contribution in [2.45, 2.75) is 6.54 Å². The molecule has 0 atom stereocenters. The number of nitrogens with zero attached hydrogens (tertiary/aromatic N) is 1. The number of ether oxygens (including phenoxy) is 1. The van der Waals surface area contributed by atoms with Crippen LogP contribution in [0.5, 0.6) is 5.75 Å². The van der Waals surface area contributed by atoms with Crippen LogP contribution in [0.1, 0.15) is 0 Å². The number of rotatable bonds is 4. The summed E-state index contributed by atoms with van der Waals surface area (Å²) in [4.78, 5) is 36.5. The van der Waals surface area contributed by atoms with Crippen molar-refractivity contribution in [3.8, 4) is 5.75 Å². The third kappa shape index (κ3) is 3.73. The fourth-order valence-electron chi connectivity index (χ4n) is 1.63. The van der Waals surface area contributed by atoms with Gasteiger partial charge >= 0.3 is 5.69 Å². The predicted octanol–water partition coefficient (Wildman–Crippen LogP) is 0.837. The zero-order valence-corrected chi connectivity index (χ0v) is 11.8. The second-order valence-corrected chi connectivity index (χ2v) is 4.55. The van der Waals surface area contributed by atoms with Crippen molar-refractivity contribution in [2.24, 2.45) is 0 Å². The lowest BCUT2D eigenvalue weighted by molar-refractivity contribution is -0.116. The maximum atomic E-state index is 11.8. The van der Waals surface area contributed by atoms with Crippen LogP contribution in [0.2, 0.25) is 5.02 Å². The molecule has 0 bridgehead atoms. The first-order chi connectivity index (χ1) is 9.99. The Morgan fingerprint density at radius 2 is 2.00 bits per heavy atom. The Kier molecular flexibility index (Phi) is 4.44. The van der Waals surface area contributed by atoms with Gasteiger partial charge in [0.25, 0.3) is 5.56 Å². The van der Waals surface area contributed by atoms with E-state index in [1.165, 1.54) is 0 Å². The van der Waals surface area contributed by atoms with Crippen LogP contribution < -0.4 is 21.3 Å². The molecule has 0 aliphatic heterocycles. The molecule has 110 valence electrons. The van der Waals surface area contributed by atoms with E-state index in [0.717, 1.165) is 10.8 Å². The molecule has 0 aliphatic carbocycles. The molecule has 0 fully saturated rings. The number of H-pyrrole nitrogens is 1. The van der Waals surface area contributed by atoms with Crippen molar-refractivity contribution in [3.05, 3.63) is 56.3 Å². The maximum Gasteiger partial charge on any atom is 0.328 e. The second-order valence-electron chi connectivity index (χ2n) is 4.14. The zero-order valence-electron chi connectivity index (χ0n) is 11.1. The van der Waals surface area contributed by atoms with Gasteiger partial charge in [-0.15, -0.1) is 0 Å². The largest absolute Gasteiger partial charge is 0.497 e. The van der Waals surface area contributed by atoms with Gasteiger partial charge in [-0.25, -0.2) is 4.79 Å². The average molecular weight is 310 g/mol. The van der Waals surface area contributed by atoms with Crippen LogP contribution in [0.15, 0.2) is 40.1 Å². The summed E-state index contributed by atoms with van der Waals surface area (Å²) < 4.78 is 6.02. The summed E-state index contributed by atoms with van der Waals surface area (Å²) in [6.45, 7) is -0.263. The number of hydrogen-bond donors (Lipinski definition) is 2. The standard InChI is InChI=1S/C13H12ClN3O4/c1-21-9-4-2-8(3-5-9)15-11(18)7-17-6-10(14)12(19)16-13(17)20/h2-6H,7H2,1H3,(H,15,18)(H,16,19,20). The lowest BCUT2D eigenvalue weighted by Gasteiger charge is -2.08. The van der Waals surface area contributed by atoms with E-state index in [-0.39, 0.29) is 11.6 Å². The number of hydrogen-bond acceptors (Lipinski definition) is 4. The topological polar surface area (TPSA) is 93.2 Å². The van der Waals surface area contributed by atoms with Crippen molar-refractivity contribution in [2.75, 3.05) is 12.4 Å². The van der Waals surface area contributed by atoms with Crippen LogP contribution in [0.25, 0.3) is 0 Å². The van der Waals surface area contributed by atoms with Crippen LogP contribution in [0, 0.1) is 0 Å². The first-order valence-electron chi connectivity index (χ1n) is 5.93. The summed E-state index contributed by atoms with van der Waals surface area (Å²) in [5, 5.41) is 2.45. The minimum Gasteiger partial charge on any atom is -0.497 e. The molecule has 8 heteroatoms. The Balaban J connectivity index is 2.09. The Morgan fingerprint density at radius 1 is 1.33 bits per heavy atom. The summed E-state index contributed by atoms with van der Waals surface area (Å²) in [6, 6.07) is 6.72. The van der Waals surface area contributed by atoms with E-state index < -0.39 is 17.2 Å². The van der Waals surface area contributed by atoms with Gasteiger partial charge < -0.3 is 10.1 Å². The molecule has 0 saturated heterocycles. The van der Waals surface area contributed by atoms with Gasteiger partial charge in [0.05, 0.1) is 7.11 Å². The average Bonchev–Trinajstić information content (AvgIpc) is 2.45. The highest BCUT2D eigenvalue weighted by atomic mass is 35.5. The molecule has 2 aromatic rings. The number of benzene rings is 1. The van der Waals surface area contributed by atoms with E-state index in [1.807, 2.05) is 4.98 Å². The van der Waals surface area contributed by atoms with Crippen molar-refractivity contribution in [3.63, 3.8) is 0 Å². The Morgan fingerprint density at radius 3 is 2.62 bits per heavy atom. The first-order valence-corrected chi connectivity index (χ1v) is 6.30. The highest BCUT2D eigenvalue weighted by Gasteiger charge is 2.08. The molecule has 1 heterocycles. The number of nitrogens with one attached hydrogen (secondary N) is 2. The monoisotopic (exact) mass is 309 g/mol. The molecule has 1 amide bonds. The number of aromatic amines is 1. The lowest BCUT2D eigenvalue weighted by atomic mass is 10.3. The molecule has 7 nitrogen and oxygen atoms in total. The van der Waals surface area contributed by atoms with E-state index >= 15 is 0 Å². The van der Waals surface area contributed by atoms with Crippen molar-refractivity contribution in [1.82, 2.24) is 9.55 Å². The smallest absolute Gasteiger partial charge is 0.328 e. The van der Waals surface area contributed by atoms with Crippen LogP contribution in [0.4, 0.5) is 5.69 Å². The van der Waals surface area contributed by atoms with E-state index in [9.17, 15) is 14.4 Å². The van der Waals surface area contributed by atoms with Gasteiger partial charge in [-0.05, 0) is 24.3 Å². The van der Waals surface area contributed by atoms with E-state index in [0.29, 0.717) is 11.4 Å². The third-order valence-electron chi connectivity index (χ3n) is 2.66. The summed E-state index contributed by atoms with van der Waals surface area (Å²) in [6.07, 6.45) is 1.12. The molecule has 0 unspecified atom stereocenters. The van der Waals surface area contributed by atoms with E-state index in [1.54, 1.807) is 31.4 Å². The molecule has 2 rings (SSSR count).